The van der Waals surface area contributed by atoms with Crippen LogP contribution in [0.1, 0.15) is 19.3 Å². The Morgan fingerprint density at radius 2 is 1.78 bits per heavy atom. The van der Waals surface area contributed by atoms with Crippen LogP contribution in [0.4, 0.5) is 19.0 Å². The van der Waals surface area contributed by atoms with Crippen molar-refractivity contribution in [1.29, 1.82) is 0 Å². The molecule has 2 aromatic carbocycles. The number of nitrogens with zero attached hydrogens (tertiary/aromatic N) is 3. The Kier molecular flexibility index (Phi) is 5.11. The number of fused-ring (bicyclic) bond motifs is 1. The lowest BCUT2D eigenvalue weighted by molar-refractivity contribution is -0.274. The van der Waals surface area contributed by atoms with Crippen LogP contribution in [0.2, 0.25) is 0 Å². The van der Waals surface area contributed by atoms with Crippen LogP contribution in [0.5, 0.6) is 5.75 Å². The summed E-state index contributed by atoms with van der Waals surface area (Å²) in [5.74, 6) is 0.880. The summed E-state index contributed by atoms with van der Waals surface area (Å²) >= 11 is 0. The van der Waals surface area contributed by atoms with Crippen molar-refractivity contribution in [2.24, 2.45) is 5.92 Å². The van der Waals surface area contributed by atoms with E-state index in [1.54, 1.807) is 12.1 Å². The van der Waals surface area contributed by atoms with Gasteiger partial charge in [-0.1, -0.05) is 18.2 Å². The lowest BCUT2D eigenvalue weighted by Crippen LogP contribution is -2.32. The molecule has 5 rings (SSSR count). The summed E-state index contributed by atoms with van der Waals surface area (Å²) < 4.78 is 41.1. The molecule has 2 heterocycles. The summed E-state index contributed by atoms with van der Waals surface area (Å²) in [6, 6.07) is 11.5. The number of hydrogen-bond donors (Lipinski definition) is 1. The van der Waals surface area contributed by atoms with Gasteiger partial charge in [0, 0.05) is 30.4 Å². The molecule has 0 radical (unpaired) electrons. The molecule has 6 nitrogen and oxygen atoms in total. The summed E-state index contributed by atoms with van der Waals surface area (Å²) in [4.78, 5) is 23.0. The van der Waals surface area contributed by atoms with Crippen LogP contribution in [0.15, 0.2) is 48.8 Å². The second kappa shape index (κ2) is 7.96. The van der Waals surface area contributed by atoms with E-state index in [1.807, 2.05) is 23.1 Å². The number of anilines is 1. The molecule has 3 aromatic rings. The number of nitrogens with one attached hydrogen (secondary N) is 1. The lowest BCUT2D eigenvalue weighted by Gasteiger charge is -2.18. The minimum Gasteiger partial charge on any atom is -0.406 e. The maximum atomic E-state index is 12.4. The zero-order valence-corrected chi connectivity index (χ0v) is 17.1. The van der Waals surface area contributed by atoms with Gasteiger partial charge in [0.2, 0.25) is 5.91 Å². The molecule has 2 aliphatic rings. The molecular weight excluding hydrogens is 421 g/mol. The number of halogens is 3. The van der Waals surface area contributed by atoms with Crippen LogP contribution in [0.25, 0.3) is 22.0 Å². The second-order valence-electron chi connectivity index (χ2n) is 8.21. The minimum atomic E-state index is -4.72. The molecule has 1 atom stereocenters. The molecule has 0 spiro atoms. The average molecular weight is 442 g/mol. The number of carbonyl (C=O) groups excluding carboxylic acids is 1. The molecule has 1 aliphatic heterocycles. The SMILES string of the molecule is O=C(C1CC1)N1CC[C@H](Nc2ncnc3ccc(-c4ccc(OC(F)(F)F)cc4)cc23)C1. The van der Waals surface area contributed by atoms with Crippen LogP contribution in [-0.2, 0) is 4.79 Å². The van der Waals surface area contributed by atoms with Crippen molar-refractivity contribution in [3.8, 4) is 16.9 Å². The molecule has 0 bridgehead atoms. The number of alkyl halides is 3. The molecular formula is C23H21F3N4O2. The van der Waals surface area contributed by atoms with E-state index in [0.717, 1.165) is 47.8 Å². The normalized spacial score (nSPS) is 18.7. The topological polar surface area (TPSA) is 67.4 Å². The highest BCUT2D eigenvalue weighted by Gasteiger charge is 2.36. The molecule has 32 heavy (non-hydrogen) atoms. The highest BCUT2D eigenvalue weighted by molar-refractivity contribution is 5.92. The summed E-state index contributed by atoms with van der Waals surface area (Å²) in [5.41, 5.74) is 2.33. The van der Waals surface area contributed by atoms with E-state index in [0.29, 0.717) is 12.4 Å². The van der Waals surface area contributed by atoms with Crippen LogP contribution in [0.3, 0.4) is 0 Å². The Labute approximate surface area is 182 Å². The third kappa shape index (κ3) is 4.46. The van der Waals surface area contributed by atoms with E-state index in [-0.39, 0.29) is 23.6 Å². The highest BCUT2D eigenvalue weighted by atomic mass is 19.4. The van der Waals surface area contributed by atoms with Gasteiger partial charge in [-0.25, -0.2) is 9.97 Å². The number of amides is 1. The molecule has 1 amide bonds. The van der Waals surface area contributed by atoms with Gasteiger partial charge in [-0.3, -0.25) is 4.79 Å². The van der Waals surface area contributed by atoms with Crippen LogP contribution in [-0.4, -0.2) is 46.3 Å². The molecule has 0 unspecified atom stereocenters. The third-order valence-corrected chi connectivity index (χ3v) is 5.82. The summed E-state index contributed by atoms with van der Waals surface area (Å²) in [7, 11) is 0. The van der Waals surface area contributed by atoms with Gasteiger partial charge in [-0.2, -0.15) is 0 Å². The van der Waals surface area contributed by atoms with Crippen molar-refractivity contribution < 1.29 is 22.7 Å². The zero-order valence-electron chi connectivity index (χ0n) is 17.1. The van der Waals surface area contributed by atoms with Gasteiger partial charge in [-0.05, 0) is 54.7 Å². The zero-order chi connectivity index (χ0) is 22.3. The van der Waals surface area contributed by atoms with Crippen molar-refractivity contribution >= 4 is 22.6 Å². The van der Waals surface area contributed by atoms with E-state index >= 15 is 0 Å². The summed E-state index contributed by atoms with van der Waals surface area (Å²) in [5, 5.41) is 4.26. The van der Waals surface area contributed by atoms with Crippen molar-refractivity contribution in [3.63, 3.8) is 0 Å². The number of likely N-dealkylation sites (tertiary alicyclic amines) is 1. The van der Waals surface area contributed by atoms with Gasteiger partial charge in [0.15, 0.2) is 0 Å². The number of hydrogen-bond acceptors (Lipinski definition) is 5. The molecule has 1 saturated carbocycles. The maximum absolute atomic E-state index is 12.4. The fourth-order valence-electron chi connectivity index (χ4n) is 4.06. The van der Waals surface area contributed by atoms with Gasteiger partial charge in [-0.15, -0.1) is 13.2 Å². The van der Waals surface area contributed by atoms with Crippen molar-refractivity contribution in [2.45, 2.75) is 31.7 Å². The minimum absolute atomic E-state index is 0.109. The molecule has 1 aromatic heterocycles. The average Bonchev–Trinajstić information content (AvgIpc) is 3.51. The second-order valence-corrected chi connectivity index (χ2v) is 8.21. The smallest absolute Gasteiger partial charge is 0.406 e. The Morgan fingerprint density at radius 1 is 1.03 bits per heavy atom. The van der Waals surface area contributed by atoms with E-state index in [1.165, 1.54) is 18.5 Å². The monoisotopic (exact) mass is 442 g/mol. The van der Waals surface area contributed by atoms with Crippen LogP contribution in [0, 0.1) is 5.92 Å². The third-order valence-electron chi connectivity index (χ3n) is 5.82. The Bertz CT molecular complexity index is 1150. The quantitative estimate of drug-likeness (QED) is 0.625. The largest absolute Gasteiger partial charge is 0.573 e. The number of aromatic nitrogens is 2. The Balaban J connectivity index is 1.36. The van der Waals surface area contributed by atoms with E-state index in [4.69, 9.17) is 0 Å². The van der Waals surface area contributed by atoms with Gasteiger partial charge < -0.3 is 15.0 Å². The van der Waals surface area contributed by atoms with Gasteiger partial charge in [0.25, 0.3) is 0 Å². The first-order valence-electron chi connectivity index (χ1n) is 10.5. The van der Waals surface area contributed by atoms with Crippen molar-refractivity contribution in [1.82, 2.24) is 14.9 Å². The molecule has 1 saturated heterocycles. The summed E-state index contributed by atoms with van der Waals surface area (Å²) in [6.45, 7) is 1.40. The summed E-state index contributed by atoms with van der Waals surface area (Å²) in [6.07, 6.45) is -0.381. The first kappa shape index (κ1) is 20.5. The first-order chi connectivity index (χ1) is 15.4. The maximum Gasteiger partial charge on any atom is 0.573 e. The highest BCUT2D eigenvalue weighted by Crippen LogP contribution is 2.33. The van der Waals surface area contributed by atoms with Gasteiger partial charge >= 0.3 is 6.36 Å². The van der Waals surface area contributed by atoms with E-state index in [9.17, 15) is 18.0 Å². The number of ether oxygens (including phenoxy) is 1. The van der Waals surface area contributed by atoms with Gasteiger partial charge in [0.05, 0.1) is 5.52 Å². The van der Waals surface area contributed by atoms with Crippen LogP contribution >= 0.6 is 0 Å². The molecule has 1 aliphatic carbocycles. The lowest BCUT2D eigenvalue weighted by atomic mass is 10.0. The first-order valence-corrected chi connectivity index (χ1v) is 10.5. The Hall–Kier alpha value is -3.36. The van der Waals surface area contributed by atoms with Crippen molar-refractivity contribution in [3.05, 3.63) is 48.8 Å². The van der Waals surface area contributed by atoms with Crippen molar-refractivity contribution in [2.75, 3.05) is 18.4 Å². The molecule has 1 N–H and O–H groups in total. The number of rotatable bonds is 5. The molecule has 166 valence electrons. The molecule has 9 heteroatoms. The number of carbonyl (C=O) groups is 1. The fourth-order valence-corrected chi connectivity index (χ4v) is 4.06. The van der Waals surface area contributed by atoms with E-state index < -0.39 is 6.36 Å². The standard InChI is InChI=1S/C23H21F3N4O2/c24-23(25,26)32-18-6-3-14(4-7-18)16-5-8-20-19(11-16)21(28-13-27-20)29-17-9-10-30(12-17)22(31)15-1-2-15/h3-8,11,13,15,17H,1-2,9-10,12H2,(H,27,28,29)/t17-/m0/s1. The molecule has 2 fully saturated rings. The van der Waals surface area contributed by atoms with Gasteiger partial charge in [0.1, 0.15) is 17.9 Å². The predicted molar refractivity (Wildman–Crippen MR) is 113 cm³/mol. The number of benzene rings is 2. The van der Waals surface area contributed by atoms with Crippen LogP contribution < -0.4 is 10.1 Å². The Morgan fingerprint density at radius 3 is 2.50 bits per heavy atom. The predicted octanol–water partition coefficient (Wildman–Crippen LogP) is 4.62. The van der Waals surface area contributed by atoms with E-state index in [2.05, 4.69) is 20.0 Å². The fraction of sp³-hybridized carbons (Fsp3) is 0.348.